The van der Waals surface area contributed by atoms with E-state index in [0.29, 0.717) is 35.9 Å². The summed E-state index contributed by atoms with van der Waals surface area (Å²) in [5.74, 6) is 0.259. The fraction of sp³-hybridized carbons (Fsp3) is 0.333. The molecular formula is C24H28N2O3. The summed E-state index contributed by atoms with van der Waals surface area (Å²) in [6, 6.07) is 13.3. The zero-order valence-corrected chi connectivity index (χ0v) is 17.7. The van der Waals surface area contributed by atoms with Gasteiger partial charge in [-0.3, -0.25) is 14.5 Å². The highest BCUT2D eigenvalue weighted by atomic mass is 16.5. The van der Waals surface area contributed by atoms with Crippen LogP contribution in [0.5, 0.6) is 5.75 Å². The Balaban J connectivity index is 2.11. The zero-order valence-electron chi connectivity index (χ0n) is 17.7. The van der Waals surface area contributed by atoms with Gasteiger partial charge in [0.05, 0.1) is 17.9 Å². The van der Waals surface area contributed by atoms with Gasteiger partial charge in [0, 0.05) is 6.54 Å². The first-order valence-electron chi connectivity index (χ1n) is 10.00. The molecule has 0 fully saturated rings. The van der Waals surface area contributed by atoms with Crippen molar-refractivity contribution in [1.29, 1.82) is 0 Å². The maximum Gasteiger partial charge on any atom is 0.278 e. The van der Waals surface area contributed by atoms with Crippen LogP contribution in [0.25, 0.3) is 5.57 Å². The number of nitrogens with one attached hydrogen (secondary N) is 1. The highest BCUT2D eigenvalue weighted by Crippen LogP contribution is 2.34. The van der Waals surface area contributed by atoms with Gasteiger partial charge in [0.25, 0.3) is 11.8 Å². The minimum atomic E-state index is -0.303. The summed E-state index contributed by atoms with van der Waals surface area (Å²) in [6.07, 6.45) is 0. The topological polar surface area (TPSA) is 58.6 Å². The molecule has 1 heterocycles. The molecule has 0 atom stereocenters. The monoisotopic (exact) mass is 392 g/mol. The first-order chi connectivity index (χ1) is 13.8. The van der Waals surface area contributed by atoms with Gasteiger partial charge in [0.2, 0.25) is 0 Å². The third-order valence-corrected chi connectivity index (χ3v) is 4.96. The van der Waals surface area contributed by atoms with E-state index in [1.54, 1.807) is 0 Å². The SMILES string of the molecule is CCOc1ccccc1NC1=C(c2ccc(C)c(C)c2)C(=O)N(CC(C)C)C1=O. The predicted molar refractivity (Wildman–Crippen MR) is 116 cm³/mol. The van der Waals surface area contributed by atoms with Crippen molar-refractivity contribution in [1.82, 2.24) is 4.90 Å². The Hall–Kier alpha value is -3.08. The second-order valence-corrected chi connectivity index (χ2v) is 7.72. The molecule has 5 heteroatoms. The van der Waals surface area contributed by atoms with Gasteiger partial charge in [-0.2, -0.15) is 0 Å². The normalized spacial score (nSPS) is 14.2. The quantitative estimate of drug-likeness (QED) is 0.702. The molecule has 0 saturated heterocycles. The lowest BCUT2D eigenvalue weighted by atomic mass is 9.99. The molecule has 1 aliphatic heterocycles. The fourth-order valence-corrected chi connectivity index (χ4v) is 3.37. The molecule has 0 radical (unpaired) electrons. The highest BCUT2D eigenvalue weighted by Gasteiger charge is 2.39. The molecule has 2 aromatic carbocycles. The molecular weight excluding hydrogens is 364 g/mol. The van der Waals surface area contributed by atoms with E-state index in [9.17, 15) is 9.59 Å². The number of para-hydroxylation sites is 2. The Morgan fingerprint density at radius 1 is 1.00 bits per heavy atom. The molecule has 0 saturated carbocycles. The number of hydrogen-bond donors (Lipinski definition) is 1. The summed E-state index contributed by atoms with van der Waals surface area (Å²) in [6.45, 7) is 10.8. The van der Waals surface area contributed by atoms with Gasteiger partial charge in [0.1, 0.15) is 11.4 Å². The number of carbonyl (C=O) groups excluding carboxylic acids is 2. The molecule has 2 aromatic rings. The van der Waals surface area contributed by atoms with E-state index in [0.717, 1.165) is 16.7 Å². The maximum atomic E-state index is 13.2. The molecule has 0 unspecified atom stereocenters. The lowest BCUT2D eigenvalue weighted by Crippen LogP contribution is -2.35. The van der Waals surface area contributed by atoms with Gasteiger partial charge in [-0.05, 0) is 55.5 Å². The number of imide groups is 1. The molecule has 2 amide bonds. The van der Waals surface area contributed by atoms with Crippen molar-refractivity contribution in [3.63, 3.8) is 0 Å². The number of amides is 2. The van der Waals surface area contributed by atoms with Crippen molar-refractivity contribution in [2.75, 3.05) is 18.5 Å². The van der Waals surface area contributed by atoms with Gasteiger partial charge in [-0.25, -0.2) is 0 Å². The summed E-state index contributed by atoms with van der Waals surface area (Å²) < 4.78 is 5.68. The standard InChI is InChI=1S/C24H28N2O3/c1-6-29-20-10-8-7-9-19(20)25-22-21(18-12-11-16(4)17(5)13-18)23(27)26(24(22)28)14-15(2)3/h7-13,15,25H,6,14H2,1-5H3. The average Bonchev–Trinajstić information content (AvgIpc) is 2.90. The van der Waals surface area contributed by atoms with Crippen molar-refractivity contribution >= 4 is 23.1 Å². The lowest BCUT2D eigenvalue weighted by molar-refractivity contribution is -0.137. The summed E-state index contributed by atoms with van der Waals surface area (Å²) in [7, 11) is 0. The Labute approximate surface area is 172 Å². The third kappa shape index (κ3) is 4.19. The lowest BCUT2D eigenvalue weighted by Gasteiger charge is -2.18. The molecule has 152 valence electrons. The largest absolute Gasteiger partial charge is 0.492 e. The van der Waals surface area contributed by atoms with Gasteiger partial charge in [-0.15, -0.1) is 0 Å². The van der Waals surface area contributed by atoms with Crippen molar-refractivity contribution < 1.29 is 14.3 Å². The van der Waals surface area contributed by atoms with Gasteiger partial charge < -0.3 is 10.1 Å². The van der Waals surface area contributed by atoms with Gasteiger partial charge in [-0.1, -0.05) is 44.2 Å². The number of benzene rings is 2. The number of ether oxygens (including phenoxy) is 1. The minimum Gasteiger partial charge on any atom is -0.492 e. The smallest absolute Gasteiger partial charge is 0.278 e. The second kappa shape index (κ2) is 8.52. The van der Waals surface area contributed by atoms with E-state index in [-0.39, 0.29) is 17.7 Å². The van der Waals surface area contributed by atoms with Crippen molar-refractivity contribution in [2.24, 2.45) is 5.92 Å². The fourth-order valence-electron chi connectivity index (χ4n) is 3.37. The van der Waals surface area contributed by atoms with Crippen molar-refractivity contribution in [3.05, 3.63) is 64.9 Å². The molecule has 3 rings (SSSR count). The van der Waals surface area contributed by atoms with Crippen LogP contribution in [-0.2, 0) is 9.59 Å². The van der Waals surface area contributed by atoms with E-state index in [2.05, 4.69) is 5.32 Å². The number of rotatable bonds is 7. The summed E-state index contributed by atoms with van der Waals surface area (Å²) in [5, 5.41) is 3.20. The minimum absolute atomic E-state index is 0.180. The zero-order chi connectivity index (χ0) is 21.1. The van der Waals surface area contributed by atoms with Crippen LogP contribution in [0.3, 0.4) is 0 Å². The Morgan fingerprint density at radius 3 is 2.38 bits per heavy atom. The molecule has 1 N–H and O–H groups in total. The molecule has 0 aliphatic carbocycles. The molecule has 29 heavy (non-hydrogen) atoms. The Kier molecular flexibility index (Phi) is 6.06. The summed E-state index contributed by atoms with van der Waals surface area (Å²) >= 11 is 0. The van der Waals surface area contributed by atoms with Crippen LogP contribution in [0.2, 0.25) is 0 Å². The van der Waals surface area contributed by atoms with E-state index in [1.165, 1.54) is 4.90 Å². The van der Waals surface area contributed by atoms with E-state index in [4.69, 9.17) is 4.74 Å². The summed E-state index contributed by atoms with van der Waals surface area (Å²) in [4.78, 5) is 27.8. The number of hydrogen-bond acceptors (Lipinski definition) is 4. The van der Waals surface area contributed by atoms with Crippen LogP contribution >= 0.6 is 0 Å². The third-order valence-electron chi connectivity index (χ3n) is 4.96. The molecule has 0 spiro atoms. The number of anilines is 1. The maximum absolute atomic E-state index is 13.2. The van der Waals surface area contributed by atoms with Crippen molar-refractivity contribution in [2.45, 2.75) is 34.6 Å². The summed E-state index contributed by atoms with van der Waals surface area (Å²) in [5.41, 5.74) is 4.33. The van der Waals surface area contributed by atoms with Crippen LogP contribution < -0.4 is 10.1 Å². The van der Waals surface area contributed by atoms with Crippen LogP contribution in [0.1, 0.15) is 37.5 Å². The number of nitrogens with zero attached hydrogens (tertiary/aromatic N) is 1. The van der Waals surface area contributed by atoms with Crippen LogP contribution in [-0.4, -0.2) is 29.9 Å². The van der Waals surface area contributed by atoms with Crippen LogP contribution in [0.15, 0.2) is 48.2 Å². The Bertz CT molecular complexity index is 976. The van der Waals surface area contributed by atoms with E-state index >= 15 is 0 Å². The first kappa shape index (κ1) is 20.6. The number of carbonyl (C=O) groups is 2. The molecule has 0 bridgehead atoms. The van der Waals surface area contributed by atoms with Gasteiger partial charge >= 0.3 is 0 Å². The number of aryl methyl sites for hydroxylation is 2. The van der Waals surface area contributed by atoms with Crippen LogP contribution in [0, 0.1) is 19.8 Å². The molecule has 5 nitrogen and oxygen atoms in total. The van der Waals surface area contributed by atoms with E-state index in [1.807, 2.05) is 77.1 Å². The highest BCUT2D eigenvalue weighted by molar-refractivity contribution is 6.36. The van der Waals surface area contributed by atoms with Gasteiger partial charge in [0.15, 0.2) is 0 Å². The molecule has 0 aromatic heterocycles. The second-order valence-electron chi connectivity index (χ2n) is 7.72. The first-order valence-corrected chi connectivity index (χ1v) is 10.00. The Morgan fingerprint density at radius 2 is 1.72 bits per heavy atom. The van der Waals surface area contributed by atoms with Crippen molar-refractivity contribution in [3.8, 4) is 5.75 Å². The average molecular weight is 392 g/mol. The van der Waals surface area contributed by atoms with Crippen LogP contribution in [0.4, 0.5) is 5.69 Å². The predicted octanol–water partition coefficient (Wildman–Crippen LogP) is 4.55. The molecule has 1 aliphatic rings. The van der Waals surface area contributed by atoms with E-state index < -0.39 is 0 Å².